The van der Waals surface area contributed by atoms with Gasteiger partial charge in [0.15, 0.2) is 0 Å². The smallest absolute Gasteiger partial charge is 0.475 e. The largest absolute Gasteiger partial charge is 0.490 e. The predicted molar refractivity (Wildman–Crippen MR) is 107 cm³/mol. The summed E-state index contributed by atoms with van der Waals surface area (Å²) in [5, 5.41) is 17.3. The van der Waals surface area contributed by atoms with E-state index in [1.54, 1.807) is 6.20 Å². The number of alkyl halides is 6. The van der Waals surface area contributed by atoms with Crippen LogP contribution in [0.3, 0.4) is 0 Å². The SMILES string of the molecule is CC(C)NC(=O)C1CC2CN(Cc3cccnc3)CC1O2.O=C(O)C(F)(F)F.O=C(O)C(F)(F)F. The Morgan fingerprint density at radius 2 is 1.66 bits per heavy atom. The van der Waals surface area contributed by atoms with Crippen LogP contribution < -0.4 is 5.32 Å². The summed E-state index contributed by atoms with van der Waals surface area (Å²) in [4.78, 5) is 36.6. The molecule has 2 aliphatic heterocycles. The van der Waals surface area contributed by atoms with Crippen molar-refractivity contribution in [3.8, 4) is 0 Å². The van der Waals surface area contributed by atoms with E-state index in [0.29, 0.717) is 0 Å². The van der Waals surface area contributed by atoms with Gasteiger partial charge in [0.2, 0.25) is 5.91 Å². The zero-order valence-electron chi connectivity index (χ0n) is 18.6. The van der Waals surface area contributed by atoms with Gasteiger partial charge in [-0.2, -0.15) is 26.3 Å². The molecule has 3 heterocycles. The second-order valence-electron chi connectivity index (χ2n) is 7.96. The first-order valence-corrected chi connectivity index (χ1v) is 10.2. The van der Waals surface area contributed by atoms with Gasteiger partial charge in [-0.15, -0.1) is 0 Å². The minimum Gasteiger partial charge on any atom is -0.475 e. The number of fused-ring (bicyclic) bond motifs is 2. The molecule has 0 radical (unpaired) electrons. The van der Waals surface area contributed by atoms with E-state index in [0.717, 1.165) is 26.1 Å². The molecule has 2 bridgehead atoms. The standard InChI is InChI=1S/C16H23N3O2.2C2HF3O2/c1-11(2)18-16(20)14-6-13-9-19(10-15(14)21-13)8-12-4-3-5-17-7-12;2*3-2(4,5)1(6)7/h3-5,7,11,13-15H,6,8-10H2,1-2H3,(H,18,20);2*(H,6,7). The number of rotatable bonds is 4. The Balaban J connectivity index is 0.000000362. The normalized spacial score (nSPS) is 21.8. The van der Waals surface area contributed by atoms with Crippen LogP contribution in [0.4, 0.5) is 26.3 Å². The van der Waals surface area contributed by atoms with Crippen LogP contribution in [-0.4, -0.2) is 81.6 Å². The molecule has 15 heteroatoms. The molecule has 35 heavy (non-hydrogen) atoms. The summed E-state index contributed by atoms with van der Waals surface area (Å²) in [5.41, 5.74) is 1.21. The molecule has 3 atom stereocenters. The predicted octanol–water partition coefficient (Wildman–Crippen LogP) is 2.46. The highest BCUT2D eigenvalue weighted by molar-refractivity contribution is 5.80. The van der Waals surface area contributed by atoms with Crippen molar-refractivity contribution in [1.82, 2.24) is 15.2 Å². The Hall–Kier alpha value is -2.94. The second-order valence-corrected chi connectivity index (χ2v) is 7.96. The number of aliphatic carboxylic acids is 2. The van der Waals surface area contributed by atoms with Crippen molar-refractivity contribution in [2.45, 2.75) is 57.4 Å². The van der Waals surface area contributed by atoms with Crippen LogP contribution in [0, 0.1) is 5.92 Å². The zero-order chi connectivity index (χ0) is 27.0. The molecular formula is C20H25F6N3O6. The number of hydrogen-bond acceptors (Lipinski definition) is 6. The van der Waals surface area contributed by atoms with Crippen molar-refractivity contribution in [3.05, 3.63) is 30.1 Å². The zero-order valence-corrected chi connectivity index (χ0v) is 18.6. The van der Waals surface area contributed by atoms with Gasteiger partial charge in [0, 0.05) is 38.1 Å². The van der Waals surface area contributed by atoms with Gasteiger partial charge < -0.3 is 20.3 Å². The lowest BCUT2D eigenvalue weighted by Gasteiger charge is -2.32. The number of amides is 1. The van der Waals surface area contributed by atoms with Crippen molar-refractivity contribution in [3.63, 3.8) is 0 Å². The number of pyridine rings is 1. The Morgan fingerprint density at radius 1 is 1.11 bits per heavy atom. The van der Waals surface area contributed by atoms with Crippen LogP contribution in [0.2, 0.25) is 0 Å². The molecule has 9 nitrogen and oxygen atoms in total. The van der Waals surface area contributed by atoms with Gasteiger partial charge in [0.25, 0.3) is 0 Å². The van der Waals surface area contributed by atoms with Gasteiger partial charge in [-0.05, 0) is 31.9 Å². The number of nitrogens with zero attached hydrogens (tertiary/aromatic N) is 2. The maximum atomic E-state index is 12.2. The van der Waals surface area contributed by atoms with Crippen LogP contribution in [0.1, 0.15) is 25.8 Å². The molecule has 3 unspecified atom stereocenters. The summed E-state index contributed by atoms with van der Waals surface area (Å²) in [6, 6.07) is 4.24. The highest BCUT2D eigenvalue weighted by Gasteiger charge is 2.44. The van der Waals surface area contributed by atoms with E-state index in [4.69, 9.17) is 24.5 Å². The van der Waals surface area contributed by atoms with Crippen LogP contribution in [0.25, 0.3) is 0 Å². The Kier molecular flexibility index (Phi) is 10.9. The average Bonchev–Trinajstić information content (AvgIpc) is 3.02. The lowest BCUT2D eigenvalue weighted by Crippen LogP contribution is -2.45. The van der Waals surface area contributed by atoms with Crippen LogP contribution in [0.5, 0.6) is 0 Å². The summed E-state index contributed by atoms with van der Waals surface area (Å²) in [5.74, 6) is -5.38. The van der Waals surface area contributed by atoms with Crippen molar-refractivity contribution in [2.75, 3.05) is 13.1 Å². The third-order valence-electron chi connectivity index (χ3n) is 4.61. The van der Waals surface area contributed by atoms with Gasteiger partial charge in [0.05, 0.1) is 18.1 Å². The maximum Gasteiger partial charge on any atom is 0.490 e. The topological polar surface area (TPSA) is 129 Å². The van der Waals surface area contributed by atoms with Crippen molar-refractivity contribution < 1.29 is 55.7 Å². The Labute approximate surface area is 196 Å². The number of morpholine rings is 1. The summed E-state index contributed by atoms with van der Waals surface area (Å²) in [6.07, 6.45) is -5.42. The van der Waals surface area contributed by atoms with Crippen LogP contribution in [-0.2, 0) is 25.7 Å². The van der Waals surface area contributed by atoms with Gasteiger partial charge in [-0.1, -0.05) is 6.07 Å². The summed E-state index contributed by atoms with van der Waals surface area (Å²) in [7, 11) is 0. The quantitative estimate of drug-likeness (QED) is 0.520. The summed E-state index contributed by atoms with van der Waals surface area (Å²) in [6.45, 7) is 6.59. The Morgan fingerprint density at radius 3 is 2.09 bits per heavy atom. The number of likely N-dealkylation sites (tertiary alicyclic amines) is 1. The number of ether oxygens (including phenoxy) is 1. The van der Waals surface area contributed by atoms with Gasteiger partial charge in [0.1, 0.15) is 0 Å². The van der Waals surface area contributed by atoms with Crippen molar-refractivity contribution >= 4 is 17.8 Å². The minimum absolute atomic E-state index is 0.00343. The third-order valence-corrected chi connectivity index (χ3v) is 4.61. The molecule has 3 rings (SSSR count). The number of carboxylic acid groups (broad SMARTS) is 2. The lowest BCUT2D eigenvalue weighted by atomic mass is 9.99. The molecule has 0 spiro atoms. The number of hydrogen-bond donors (Lipinski definition) is 3. The molecule has 1 aromatic heterocycles. The first kappa shape index (κ1) is 30.1. The van der Waals surface area contributed by atoms with E-state index >= 15 is 0 Å². The van der Waals surface area contributed by atoms with E-state index in [1.165, 1.54) is 5.56 Å². The molecule has 198 valence electrons. The first-order valence-electron chi connectivity index (χ1n) is 10.2. The van der Waals surface area contributed by atoms with E-state index in [1.807, 2.05) is 26.1 Å². The molecular weight excluding hydrogens is 492 g/mol. The van der Waals surface area contributed by atoms with Gasteiger partial charge in [-0.25, -0.2) is 9.59 Å². The molecule has 2 fully saturated rings. The van der Waals surface area contributed by atoms with Gasteiger partial charge >= 0.3 is 24.3 Å². The monoisotopic (exact) mass is 517 g/mol. The van der Waals surface area contributed by atoms with Crippen LogP contribution in [0.15, 0.2) is 24.5 Å². The average molecular weight is 517 g/mol. The molecule has 2 aliphatic rings. The fraction of sp³-hybridized carbons (Fsp3) is 0.600. The molecule has 2 saturated heterocycles. The number of nitrogens with one attached hydrogen (secondary N) is 1. The first-order chi connectivity index (χ1) is 16.0. The number of carboxylic acids is 2. The number of carbonyl (C=O) groups is 3. The Bertz CT molecular complexity index is 826. The molecule has 0 saturated carbocycles. The van der Waals surface area contributed by atoms with Crippen molar-refractivity contribution in [1.29, 1.82) is 0 Å². The van der Waals surface area contributed by atoms with E-state index in [-0.39, 0.29) is 30.1 Å². The number of carbonyl (C=O) groups excluding carboxylic acids is 1. The van der Waals surface area contributed by atoms with Crippen molar-refractivity contribution in [2.24, 2.45) is 5.92 Å². The highest BCUT2D eigenvalue weighted by Crippen LogP contribution is 2.32. The molecule has 0 aliphatic carbocycles. The molecule has 1 aromatic rings. The fourth-order valence-corrected chi connectivity index (χ4v) is 3.28. The van der Waals surface area contributed by atoms with Crippen LogP contribution >= 0.6 is 0 Å². The second kappa shape index (κ2) is 12.7. The summed E-state index contributed by atoms with van der Waals surface area (Å²) < 4.78 is 69.4. The highest BCUT2D eigenvalue weighted by atomic mass is 19.4. The van der Waals surface area contributed by atoms with E-state index in [9.17, 15) is 31.1 Å². The van der Waals surface area contributed by atoms with Gasteiger partial charge in [-0.3, -0.25) is 14.7 Å². The maximum absolute atomic E-state index is 12.2. The lowest BCUT2D eigenvalue weighted by molar-refractivity contribution is -0.193. The number of aromatic nitrogens is 1. The van der Waals surface area contributed by atoms with E-state index in [2.05, 4.69) is 21.3 Å². The fourth-order valence-electron chi connectivity index (χ4n) is 3.28. The molecule has 0 aromatic carbocycles. The summed E-state index contributed by atoms with van der Waals surface area (Å²) >= 11 is 0. The van der Waals surface area contributed by atoms with E-state index < -0.39 is 24.3 Å². The minimum atomic E-state index is -5.08. The molecule has 3 N–H and O–H groups in total. The number of halogens is 6. The molecule has 1 amide bonds. The third kappa shape index (κ3) is 10.9.